The van der Waals surface area contributed by atoms with Crippen molar-refractivity contribution in [3.63, 3.8) is 0 Å². The number of anilines is 1. The summed E-state index contributed by atoms with van der Waals surface area (Å²) in [4.78, 5) is 34.5. The summed E-state index contributed by atoms with van der Waals surface area (Å²) in [6, 6.07) is 0.295. The number of alkyl halides is 1. The Kier molecular flexibility index (Phi) is 4.30. The van der Waals surface area contributed by atoms with Crippen LogP contribution in [0.15, 0.2) is 22.2 Å². The fraction of sp³-hybridized carbons (Fsp3) is 0.444. The number of pyridine rings is 2. The first-order valence-corrected chi connectivity index (χ1v) is 8.91. The summed E-state index contributed by atoms with van der Waals surface area (Å²) in [6.45, 7) is 2.07. The fourth-order valence-corrected chi connectivity index (χ4v) is 3.60. The van der Waals surface area contributed by atoms with Crippen LogP contribution in [0.1, 0.15) is 29.7 Å². The molecule has 11 heteroatoms. The molecule has 154 valence electrons. The largest absolute Gasteiger partial charge is 0.477 e. The zero-order chi connectivity index (χ0) is 21.1. The van der Waals surface area contributed by atoms with Gasteiger partial charge in [-0.2, -0.15) is 0 Å². The van der Waals surface area contributed by atoms with E-state index in [1.165, 1.54) is 11.7 Å². The van der Waals surface area contributed by atoms with Gasteiger partial charge in [-0.05, 0) is 13.0 Å². The molecule has 1 saturated heterocycles. The topological polar surface area (TPSA) is 123 Å². The molecular weight excluding hydrogens is 388 g/mol. The predicted molar refractivity (Wildman–Crippen MR) is 101 cm³/mol. The van der Waals surface area contributed by atoms with Gasteiger partial charge in [-0.1, -0.05) is 5.16 Å². The number of aromatic carboxylic acids is 1. The van der Waals surface area contributed by atoms with E-state index in [4.69, 9.17) is 10.6 Å². The molecule has 1 unspecified atom stereocenters. The molecule has 3 atom stereocenters. The van der Waals surface area contributed by atoms with Gasteiger partial charge in [-0.15, -0.1) is 0 Å². The van der Waals surface area contributed by atoms with E-state index in [1.807, 2.05) is 0 Å². The third kappa shape index (κ3) is 3.11. The van der Waals surface area contributed by atoms with Crippen molar-refractivity contribution in [3.8, 4) is 0 Å². The van der Waals surface area contributed by atoms with Crippen LogP contribution in [0, 0.1) is 5.82 Å². The highest BCUT2D eigenvalue weighted by atomic mass is 19.1. The van der Waals surface area contributed by atoms with Gasteiger partial charge in [0, 0.05) is 19.2 Å². The van der Waals surface area contributed by atoms with Crippen LogP contribution in [0.5, 0.6) is 0 Å². The molecule has 2 aromatic heterocycles. The Balaban J connectivity index is 1.89. The van der Waals surface area contributed by atoms with Crippen LogP contribution in [-0.4, -0.2) is 58.2 Å². The number of nitrogens with two attached hydrogens (primary N) is 1. The second-order valence-corrected chi connectivity index (χ2v) is 7.56. The summed E-state index contributed by atoms with van der Waals surface area (Å²) in [5, 5.41) is 13.0. The molecule has 0 amide bonds. The lowest BCUT2D eigenvalue weighted by molar-refractivity contribution is 0.0694. The maximum atomic E-state index is 14.9. The number of oxime groups is 1. The van der Waals surface area contributed by atoms with Crippen LogP contribution >= 0.6 is 0 Å². The van der Waals surface area contributed by atoms with Crippen molar-refractivity contribution in [2.24, 2.45) is 10.9 Å². The normalized spacial score (nSPS) is 27.6. The van der Waals surface area contributed by atoms with Gasteiger partial charge in [0.2, 0.25) is 5.43 Å². The van der Waals surface area contributed by atoms with E-state index >= 15 is 0 Å². The first kappa shape index (κ1) is 19.2. The number of fused-ring (bicyclic) bond motifs is 1. The minimum absolute atomic E-state index is 0.0254. The number of hydrogen-bond donors (Lipinski definition) is 2. The zero-order valence-electron chi connectivity index (χ0n) is 15.7. The molecule has 2 aromatic rings. The second kappa shape index (κ2) is 6.48. The number of hydrogen-bond acceptors (Lipinski definition) is 7. The van der Waals surface area contributed by atoms with Crippen LogP contribution in [0.3, 0.4) is 0 Å². The number of carbonyl (C=O) groups is 1. The number of rotatable bonds is 4. The Bertz CT molecular complexity index is 1110. The van der Waals surface area contributed by atoms with E-state index < -0.39 is 40.5 Å². The van der Waals surface area contributed by atoms with Gasteiger partial charge >= 0.3 is 5.97 Å². The molecule has 0 spiro atoms. The van der Waals surface area contributed by atoms with Crippen molar-refractivity contribution in [3.05, 3.63) is 33.9 Å². The molecule has 1 aliphatic heterocycles. The molecule has 3 N–H and O–H groups in total. The lowest BCUT2D eigenvalue weighted by Gasteiger charge is -2.21. The summed E-state index contributed by atoms with van der Waals surface area (Å²) in [5.41, 5.74) is 4.41. The SMILES string of the molecule is CO/N=C1\CN(c2nc3c(cc2F)c(=O)c(C(=O)O)cn3[C@@H]2C[C@@H]2F)CC1(C)N. The molecule has 0 bridgehead atoms. The second-order valence-electron chi connectivity index (χ2n) is 7.56. The van der Waals surface area contributed by atoms with Gasteiger partial charge < -0.3 is 25.1 Å². The molecule has 3 heterocycles. The molecule has 29 heavy (non-hydrogen) atoms. The van der Waals surface area contributed by atoms with Gasteiger partial charge in [-0.25, -0.2) is 18.6 Å². The minimum Gasteiger partial charge on any atom is -0.477 e. The van der Waals surface area contributed by atoms with E-state index in [2.05, 4.69) is 10.1 Å². The van der Waals surface area contributed by atoms with E-state index in [0.717, 1.165) is 12.3 Å². The van der Waals surface area contributed by atoms with E-state index in [-0.39, 0.29) is 36.4 Å². The van der Waals surface area contributed by atoms with Gasteiger partial charge in [0.15, 0.2) is 11.6 Å². The highest BCUT2D eigenvalue weighted by molar-refractivity contribution is 6.00. The molecule has 9 nitrogen and oxygen atoms in total. The summed E-state index contributed by atoms with van der Waals surface area (Å²) < 4.78 is 29.9. The number of nitrogens with zero attached hydrogens (tertiary/aromatic N) is 4. The van der Waals surface area contributed by atoms with Crippen molar-refractivity contribution in [2.75, 3.05) is 25.1 Å². The average Bonchev–Trinajstić information content (AvgIpc) is 3.28. The van der Waals surface area contributed by atoms with E-state index in [9.17, 15) is 23.5 Å². The van der Waals surface area contributed by atoms with Gasteiger partial charge in [-0.3, -0.25) is 4.79 Å². The highest BCUT2D eigenvalue weighted by Gasteiger charge is 2.42. The zero-order valence-corrected chi connectivity index (χ0v) is 15.7. The average molecular weight is 407 g/mol. The Labute approximate surface area is 163 Å². The Hall–Kier alpha value is -3.08. The standard InChI is InChI=1S/C18H19F2N5O4/c1-18(21)7-24(6-13(18)23-29-2)16-11(20)3-8-14(26)9(17(27)28)5-25(15(8)22-16)12-4-10(12)19/h3,5,10,12H,4,6-7,21H2,1-2H3,(H,27,28)/b23-13+/t10-,12+,18?/m0/s1. The molecular formula is C18H19F2N5O4. The van der Waals surface area contributed by atoms with Gasteiger partial charge in [0.1, 0.15) is 24.5 Å². The first-order valence-electron chi connectivity index (χ1n) is 8.91. The van der Waals surface area contributed by atoms with Crippen molar-refractivity contribution in [1.82, 2.24) is 9.55 Å². The van der Waals surface area contributed by atoms with E-state index in [1.54, 1.807) is 11.8 Å². The maximum absolute atomic E-state index is 14.9. The maximum Gasteiger partial charge on any atom is 0.341 e. The van der Waals surface area contributed by atoms with Crippen LogP contribution in [0.25, 0.3) is 11.0 Å². The van der Waals surface area contributed by atoms with Crippen LogP contribution in [0.2, 0.25) is 0 Å². The quantitative estimate of drug-likeness (QED) is 0.727. The summed E-state index contributed by atoms with van der Waals surface area (Å²) >= 11 is 0. The van der Waals surface area contributed by atoms with Crippen LogP contribution < -0.4 is 16.1 Å². The number of halogens is 2. The summed E-state index contributed by atoms with van der Waals surface area (Å²) in [6.07, 6.45) is 0.0544. The number of aromatic nitrogens is 2. The smallest absolute Gasteiger partial charge is 0.341 e. The lowest BCUT2D eigenvalue weighted by atomic mass is 10.0. The predicted octanol–water partition coefficient (Wildman–Crippen LogP) is 1.06. The summed E-state index contributed by atoms with van der Waals surface area (Å²) in [7, 11) is 1.38. The fourth-order valence-electron chi connectivity index (χ4n) is 3.60. The molecule has 1 aliphatic carbocycles. The van der Waals surface area contributed by atoms with Crippen LogP contribution in [-0.2, 0) is 4.84 Å². The molecule has 2 fully saturated rings. The van der Waals surface area contributed by atoms with Crippen molar-refractivity contribution >= 4 is 28.5 Å². The van der Waals surface area contributed by atoms with Crippen molar-refractivity contribution in [2.45, 2.75) is 31.1 Å². The number of carboxylic acid groups (broad SMARTS) is 1. The van der Waals surface area contributed by atoms with E-state index in [0.29, 0.717) is 5.71 Å². The summed E-state index contributed by atoms with van der Waals surface area (Å²) in [5.74, 6) is -2.36. The van der Waals surface area contributed by atoms with Crippen LogP contribution in [0.4, 0.5) is 14.6 Å². The third-order valence-electron chi connectivity index (χ3n) is 5.23. The highest BCUT2D eigenvalue weighted by Crippen LogP contribution is 2.40. The Morgan fingerprint density at radius 1 is 1.52 bits per heavy atom. The molecule has 0 aromatic carbocycles. The Morgan fingerprint density at radius 2 is 2.21 bits per heavy atom. The first-order chi connectivity index (χ1) is 13.6. The Morgan fingerprint density at radius 3 is 2.79 bits per heavy atom. The molecule has 4 rings (SSSR count). The third-order valence-corrected chi connectivity index (χ3v) is 5.23. The minimum atomic E-state index is -1.47. The lowest BCUT2D eigenvalue weighted by Crippen LogP contribution is -2.45. The molecule has 1 saturated carbocycles. The molecule has 2 aliphatic rings. The van der Waals surface area contributed by atoms with Crippen molar-refractivity contribution < 1.29 is 23.5 Å². The van der Waals surface area contributed by atoms with Gasteiger partial charge in [0.05, 0.1) is 29.2 Å². The number of carboxylic acids is 1. The monoisotopic (exact) mass is 407 g/mol. The van der Waals surface area contributed by atoms with Crippen molar-refractivity contribution in [1.29, 1.82) is 0 Å². The molecule has 0 radical (unpaired) electrons. The van der Waals surface area contributed by atoms with Gasteiger partial charge in [0.25, 0.3) is 0 Å².